The molecule has 3 aromatic rings. The van der Waals surface area contributed by atoms with Crippen LogP contribution in [0.1, 0.15) is 24.2 Å². The zero-order valence-electron chi connectivity index (χ0n) is 16.9. The van der Waals surface area contributed by atoms with Gasteiger partial charge in [-0.3, -0.25) is 9.88 Å². The molecule has 0 aliphatic carbocycles. The molecule has 7 nitrogen and oxygen atoms in total. The fraction of sp³-hybridized carbons (Fsp3) is 0.318. The molecule has 3 heterocycles. The minimum atomic E-state index is -0.0852. The maximum Gasteiger partial charge on any atom is 0.317 e. The molecule has 1 saturated heterocycles. The number of carbonyl (C=O) groups excluding carboxylic acids is 1. The predicted molar refractivity (Wildman–Crippen MR) is 117 cm³/mol. The second-order valence-electron chi connectivity index (χ2n) is 7.27. The average molecular weight is 424 g/mol. The summed E-state index contributed by atoms with van der Waals surface area (Å²) in [7, 11) is 0. The Hall–Kier alpha value is -2.97. The van der Waals surface area contributed by atoms with E-state index >= 15 is 0 Å². The lowest BCUT2D eigenvalue weighted by Crippen LogP contribution is -2.51. The van der Waals surface area contributed by atoms with Gasteiger partial charge in [0.05, 0.1) is 23.4 Å². The third-order valence-corrected chi connectivity index (χ3v) is 5.75. The summed E-state index contributed by atoms with van der Waals surface area (Å²) in [6.07, 6.45) is 3.38. The normalized spacial score (nSPS) is 15.6. The first-order valence-electron chi connectivity index (χ1n) is 10.00. The SMILES string of the molecule is CC(NC(=O)N1CCN(Cc2cscn2)CC1)c1ccc(Oc2cccnc2)cc1. The third-order valence-electron chi connectivity index (χ3n) is 5.12. The Morgan fingerprint density at radius 2 is 1.97 bits per heavy atom. The number of thiazole rings is 1. The van der Waals surface area contributed by atoms with Crippen LogP contribution in [0, 0.1) is 0 Å². The van der Waals surface area contributed by atoms with Crippen molar-refractivity contribution in [3.05, 3.63) is 70.9 Å². The van der Waals surface area contributed by atoms with E-state index in [1.807, 2.05) is 53.7 Å². The summed E-state index contributed by atoms with van der Waals surface area (Å²) in [5.74, 6) is 1.43. The number of ether oxygens (including phenoxy) is 1. The number of nitrogens with zero attached hydrogens (tertiary/aromatic N) is 4. The van der Waals surface area contributed by atoms with Gasteiger partial charge >= 0.3 is 6.03 Å². The fourth-order valence-electron chi connectivity index (χ4n) is 3.38. The number of nitrogens with one attached hydrogen (secondary N) is 1. The van der Waals surface area contributed by atoms with E-state index in [0.29, 0.717) is 5.75 Å². The smallest absolute Gasteiger partial charge is 0.317 e. The summed E-state index contributed by atoms with van der Waals surface area (Å²) >= 11 is 1.62. The van der Waals surface area contributed by atoms with Crippen LogP contribution in [0.3, 0.4) is 0 Å². The van der Waals surface area contributed by atoms with Crippen molar-refractivity contribution in [1.82, 2.24) is 25.1 Å². The van der Waals surface area contributed by atoms with Crippen molar-refractivity contribution in [3.63, 3.8) is 0 Å². The lowest BCUT2D eigenvalue weighted by Gasteiger charge is -2.35. The molecule has 8 heteroatoms. The monoisotopic (exact) mass is 423 g/mol. The van der Waals surface area contributed by atoms with Crippen LogP contribution in [0.5, 0.6) is 11.5 Å². The second-order valence-corrected chi connectivity index (χ2v) is 7.99. The molecular weight excluding hydrogens is 398 g/mol. The van der Waals surface area contributed by atoms with Crippen molar-refractivity contribution in [2.75, 3.05) is 26.2 Å². The predicted octanol–water partition coefficient (Wildman–Crippen LogP) is 3.92. The molecule has 1 aliphatic heterocycles. The molecule has 2 aromatic heterocycles. The molecule has 1 unspecified atom stereocenters. The Balaban J connectivity index is 1.25. The van der Waals surface area contributed by atoms with Gasteiger partial charge < -0.3 is 15.0 Å². The van der Waals surface area contributed by atoms with Crippen LogP contribution in [0.15, 0.2) is 59.7 Å². The highest BCUT2D eigenvalue weighted by molar-refractivity contribution is 7.07. The van der Waals surface area contributed by atoms with Crippen molar-refractivity contribution >= 4 is 17.4 Å². The molecule has 1 fully saturated rings. The fourth-order valence-corrected chi connectivity index (χ4v) is 3.93. The van der Waals surface area contributed by atoms with Gasteiger partial charge in [-0.2, -0.15) is 0 Å². The molecule has 0 bridgehead atoms. The average Bonchev–Trinajstić information content (AvgIpc) is 3.28. The molecule has 1 N–H and O–H groups in total. The van der Waals surface area contributed by atoms with Gasteiger partial charge in [-0.15, -0.1) is 11.3 Å². The van der Waals surface area contributed by atoms with E-state index in [2.05, 4.69) is 25.6 Å². The number of benzene rings is 1. The number of urea groups is 1. The minimum Gasteiger partial charge on any atom is -0.456 e. The van der Waals surface area contributed by atoms with Crippen molar-refractivity contribution in [3.8, 4) is 11.5 Å². The number of rotatable bonds is 6. The summed E-state index contributed by atoms with van der Waals surface area (Å²) in [5.41, 5.74) is 3.99. The van der Waals surface area contributed by atoms with Crippen LogP contribution < -0.4 is 10.1 Å². The molecule has 1 atom stereocenters. The Kier molecular flexibility index (Phi) is 6.56. The number of hydrogen-bond acceptors (Lipinski definition) is 6. The molecular formula is C22H25N5O2S. The standard InChI is InChI=1S/C22H25N5O2S/c1-17(18-4-6-20(7-5-18)29-21-3-2-8-23-13-21)25-22(28)27-11-9-26(10-12-27)14-19-15-30-16-24-19/h2-8,13,15-17H,9-12,14H2,1H3,(H,25,28). The zero-order valence-corrected chi connectivity index (χ0v) is 17.7. The quantitative estimate of drug-likeness (QED) is 0.651. The second kappa shape index (κ2) is 9.69. The van der Waals surface area contributed by atoms with Gasteiger partial charge in [0.2, 0.25) is 0 Å². The van der Waals surface area contributed by atoms with Crippen LogP contribution in [-0.4, -0.2) is 52.0 Å². The Morgan fingerprint density at radius 3 is 2.63 bits per heavy atom. The minimum absolute atomic E-state index is 0.0218. The first-order valence-corrected chi connectivity index (χ1v) is 10.9. The van der Waals surface area contributed by atoms with Crippen LogP contribution in [0.25, 0.3) is 0 Å². The van der Waals surface area contributed by atoms with Gasteiger partial charge in [-0.05, 0) is 36.8 Å². The largest absolute Gasteiger partial charge is 0.456 e. The number of pyridine rings is 1. The van der Waals surface area contributed by atoms with E-state index < -0.39 is 0 Å². The Bertz CT molecular complexity index is 926. The molecule has 4 rings (SSSR count). The maximum atomic E-state index is 12.7. The molecule has 0 radical (unpaired) electrons. The van der Waals surface area contributed by atoms with Crippen LogP contribution >= 0.6 is 11.3 Å². The number of hydrogen-bond donors (Lipinski definition) is 1. The zero-order chi connectivity index (χ0) is 20.8. The van der Waals surface area contributed by atoms with E-state index in [1.165, 1.54) is 0 Å². The van der Waals surface area contributed by atoms with Crippen molar-refractivity contribution in [2.45, 2.75) is 19.5 Å². The van der Waals surface area contributed by atoms with E-state index in [9.17, 15) is 4.79 Å². The van der Waals surface area contributed by atoms with Gasteiger partial charge in [0, 0.05) is 44.3 Å². The lowest BCUT2D eigenvalue weighted by atomic mass is 10.1. The first kappa shape index (κ1) is 20.3. The first-order chi connectivity index (χ1) is 14.7. The van der Waals surface area contributed by atoms with E-state index in [1.54, 1.807) is 23.7 Å². The number of amides is 2. The summed E-state index contributed by atoms with van der Waals surface area (Å²) in [5, 5.41) is 5.18. The number of carbonyl (C=O) groups is 1. The van der Waals surface area contributed by atoms with Crippen molar-refractivity contribution in [1.29, 1.82) is 0 Å². The number of aromatic nitrogens is 2. The molecule has 156 valence electrons. The van der Waals surface area contributed by atoms with Gasteiger partial charge in [0.15, 0.2) is 0 Å². The molecule has 1 aromatic carbocycles. The van der Waals surface area contributed by atoms with Crippen molar-refractivity contribution < 1.29 is 9.53 Å². The maximum absolute atomic E-state index is 12.7. The van der Waals surface area contributed by atoms with Crippen LogP contribution in [0.4, 0.5) is 4.79 Å². The highest BCUT2D eigenvalue weighted by Gasteiger charge is 2.22. The van der Waals surface area contributed by atoms with E-state index in [0.717, 1.165) is 49.7 Å². The molecule has 1 aliphatic rings. The molecule has 0 saturated carbocycles. The van der Waals surface area contributed by atoms with Crippen LogP contribution in [0.2, 0.25) is 0 Å². The molecule has 2 amide bonds. The third kappa shape index (κ3) is 5.34. The topological polar surface area (TPSA) is 70.6 Å². The van der Waals surface area contributed by atoms with Gasteiger partial charge in [-0.25, -0.2) is 9.78 Å². The Labute approximate surface area is 180 Å². The van der Waals surface area contributed by atoms with Crippen LogP contribution in [-0.2, 0) is 6.54 Å². The summed E-state index contributed by atoms with van der Waals surface area (Å²) in [6.45, 7) is 6.01. The van der Waals surface area contributed by atoms with E-state index in [-0.39, 0.29) is 12.1 Å². The summed E-state index contributed by atoms with van der Waals surface area (Å²) in [6, 6.07) is 11.3. The molecule has 30 heavy (non-hydrogen) atoms. The van der Waals surface area contributed by atoms with Crippen molar-refractivity contribution in [2.24, 2.45) is 0 Å². The van der Waals surface area contributed by atoms with Gasteiger partial charge in [0.1, 0.15) is 11.5 Å². The van der Waals surface area contributed by atoms with Gasteiger partial charge in [-0.1, -0.05) is 12.1 Å². The number of piperazine rings is 1. The summed E-state index contributed by atoms with van der Waals surface area (Å²) in [4.78, 5) is 25.3. The summed E-state index contributed by atoms with van der Waals surface area (Å²) < 4.78 is 5.77. The highest BCUT2D eigenvalue weighted by Crippen LogP contribution is 2.23. The molecule has 0 spiro atoms. The van der Waals surface area contributed by atoms with Gasteiger partial charge in [0.25, 0.3) is 0 Å². The highest BCUT2D eigenvalue weighted by atomic mass is 32.1. The lowest BCUT2D eigenvalue weighted by molar-refractivity contribution is 0.133. The Morgan fingerprint density at radius 1 is 1.17 bits per heavy atom. The van der Waals surface area contributed by atoms with E-state index in [4.69, 9.17) is 4.74 Å².